The van der Waals surface area contributed by atoms with Crippen LogP contribution in [-0.2, 0) is 16.0 Å². The molecule has 1 saturated heterocycles. The molecule has 0 saturated carbocycles. The van der Waals surface area contributed by atoms with Crippen LogP contribution < -0.4 is 4.90 Å². The van der Waals surface area contributed by atoms with Crippen LogP contribution in [0.4, 0.5) is 5.69 Å². The lowest BCUT2D eigenvalue weighted by atomic mass is 10.0. The van der Waals surface area contributed by atoms with E-state index in [0.717, 1.165) is 31.5 Å². The minimum atomic E-state index is 0.251. The predicted molar refractivity (Wildman–Crippen MR) is 68.2 cm³/mol. The summed E-state index contributed by atoms with van der Waals surface area (Å²) in [6.45, 7) is 1.54. The Morgan fingerprint density at radius 2 is 2.12 bits per heavy atom. The van der Waals surface area contributed by atoms with Crippen LogP contribution in [0.25, 0.3) is 0 Å². The summed E-state index contributed by atoms with van der Waals surface area (Å²) in [5, 5.41) is 0. The lowest BCUT2D eigenvalue weighted by Gasteiger charge is -2.28. The molecule has 1 aromatic rings. The van der Waals surface area contributed by atoms with E-state index in [1.807, 2.05) is 23.1 Å². The quantitative estimate of drug-likeness (QED) is 0.799. The van der Waals surface area contributed by atoms with Gasteiger partial charge in [-0.3, -0.25) is 4.79 Å². The SMILES string of the molecule is COCCc1ccccc1N1CCCCC1=O. The van der Waals surface area contributed by atoms with Gasteiger partial charge in [0.15, 0.2) is 0 Å². The van der Waals surface area contributed by atoms with Gasteiger partial charge in [0.1, 0.15) is 0 Å². The molecule has 0 unspecified atom stereocenters. The Morgan fingerprint density at radius 3 is 2.88 bits per heavy atom. The lowest BCUT2D eigenvalue weighted by molar-refractivity contribution is -0.119. The number of benzene rings is 1. The molecule has 0 aromatic heterocycles. The van der Waals surface area contributed by atoms with Crippen molar-refractivity contribution in [2.75, 3.05) is 25.2 Å². The number of rotatable bonds is 4. The van der Waals surface area contributed by atoms with Gasteiger partial charge in [0, 0.05) is 25.8 Å². The number of methoxy groups -OCH3 is 1. The molecule has 3 heteroatoms. The highest BCUT2D eigenvalue weighted by Crippen LogP contribution is 2.25. The number of hydrogen-bond donors (Lipinski definition) is 0. The van der Waals surface area contributed by atoms with Crippen molar-refractivity contribution in [3.63, 3.8) is 0 Å². The second-order valence-electron chi connectivity index (χ2n) is 4.37. The number of anilines is 1. The van der Waals surface area contributed by atoms with Crippen LogP contribution >= 0.6 is 0 Å². The topological polar surface area (TPSA) is 29.5 Å². The van der Waals surface area contributed by atoms with Crippen molar-refractivity contribution < 1.29 is 9.53 Å². The summed E-state index contributed by atoms with van der Waals surface area (Å²) in [5.74, 6) is 0.251. The van der Waals surface area contributed by atoms with Crippen molar-refractivity contribution in [2.45, 2.75) is 25.7 Å². The molecule has 0 atom stereocenters. The Kier molecular flexibility index (Phi) is 4.15. The zero-order chi connectivity index (χ0) is 12.1. The van der Waals surface area contributed by atoms with Gasteiger partial charge in [-0.2, -0.15) is 0 Å². The molecule has 0 radical (unpaired) electrons. The van der Waals surface area contributed by atoms with Crippen molar-refractivity contribution in [3.8, 4) is 0 Å². The predicted octanol–water partition coefficient (Wildman–Crippen LogP) is 2.39. The van der Waals surface area contributed by atoms with E-state index in [4.69, 9.17) is 4.74 Å². The number of nitrogens with zero attached hydrogens (tertiary/aromatic N) is 1. The van der Waals surface area contributed by atoms with Crippen LogP contribution in [0.3, 0.4) is 0 Å². The number of amides is 1. The van der Waals surface area contributed by atoms with Crippen molar-refractivity contribution in [3.05, 3.63) is 29.8 Å². The first kappa shape index (κ1) is 12.1. The van der Waals surface area contributed by atoms with Crippen LogP contribution in [0.2, 0.25) is 0 Å². The second kappa shape index (κ2) is 5.82. The number of carbonyl (C=O) groups excluding carboxylic acids is 1. The van der Waals surface area contributed by atoms with Crippen LogP contribution in [0.5, 0.6) is 0 Å². The smallest absolute Gasteiger partial charge is 0.226 e. The zero-order valence-corrected chi connectivity index (χ0v) is 10.3. The fraction of sp³-hybridized carbons (Fsp3) is 0.500. The summed E-state index contributed by atoms with van der Waals surface area (Å²) in [6, 6.07) is 8.13. The Bertz CT molecular complexity index is 390. The van der Waals surface area contributed by atoms with Gasteiger partial charge in [-0.05, 0) is 30.9 Å². The minimum absolute atomic E-state index is 0.251. The Hall–Kier alpha value is -1.35. The highest BCUT2D eigenvalue weighted by Gasteiger charge is 2.21. The molecular formula is C14H19NO2. The van der Waals surface area contributed by atoms with Gasteiger partial charge >= 0.3 is 0 Å². The largest absolute Gasteiger partial charge is 0.384 e. The maximum atomic E-state index is 11.9. The molecule has 1 fully saturated rings. The first-order valence-corrected chi connectivity index (χ1v) is 6.20. The van der Waals surface area contributed by atoms with Gasteiger partial charge in [-0.25, -0.2) is 0 Å². The Labute approximate surface area is 102 Å². The average Bonchev–Trinajstić information content (AvgIpc) is 2.37. The van der Waals surface area contributed by atoms with E-state index < -0.39 is 0 Å². The zero-order valence-electron chi connectivity index (χ0n) is 10.3. The molecule has 0 N–H and O–H groups in total. The van der Waals surface area contributed by atoms with Gasteiger partial charge in [0.05, 0.1) is 6.61 Å². The molecule has 0 bridgehead atoms. The van der Waals surface area contributed by atoms with E-state index in [1.165, 1.54) is 5.56 Å². The molecule has 1 aliphatic rings. The molecule has 1 heterocycles. The minimum Gasteiger partial charge on any atom is -0.384 e. The number of para-hydroxylation sites is 1. The lowest BCUT2D eigenvalue weighted by Crippen LogP contribution is -2.35. The van der Waals surface area contributed by atoms with E-state index in [9.17, 15) is 4.79 Å². The molecule has 1 amide bonds. The molecule has 3 nitrogen and oxygen atoms in total. The van der Waals surface area contributed by atoms with Gasteiger partial charge in [0.25, 0.3) is 0 Å². The highest BCUT2D eigenvalue weighted by molar-refractivity contribution is 5.94. The van der Waals surface area contributed by atoms with E-state index in [-0.39, 0.29) is 5.91 Å². The number of ether oxygens (including phenoxy) is 1. The summed E-state index contributed by atoms with van der Waals surface area (Å²) in [5.41, 5.74) is 2.26. The highest BCUT2D eigenvalue weighted by atomic mass is 16.5. The van der Waals surface area contributed by atoms with Crippen molar-refractivity contribution in [1.82, 2.24) is 0 Å². The Morgan fingerprint density at radius 1 is 1.29 bits per heavy atom. The second-order valence-corrected chi connectivity index (χ2v) is 4.37. The molecule has 2 rings (SSSR count). The molecule has 92 valence electrons. The summed E-state index contributed by atoms with van der Waals surface area (Å²) in [6.07, 6.45) is 3.66. The molecule has 17 heavy (non-hydrogen) atoms. The molecule has 1 aromatic carbocycles. The van der Waals surface area contributed by atoms with Crippen LogP contribution in [0.1, 0.15) is 24.8 Å². The number of piperidine rings is 1. The molecule has 0 spiro atoms. The van der Waals surface area contributed by atoms with Crippen LogP contribution in [0, 0.1) is 0 Å². The fourth-order valence-electron chi connectivity index (χ4n) is 2.26. The summed E-state index contributed by atoms with van der Waals surface area (Å²) >= 11 is 0. The molecule has 0 aliphatic carbocycles. The van der Waals surface area contributed by atoms with Gasteiger partial charge in [-0.1, -0.05) is 18.2 Å². The number of carbonyl (C=O) groups is 1. The normalized spacial score (nSPS) is 16.3. The third kappa shape index (κ3) is 2.86. The van der Waals surface area contributed by atoms with Crippen LogP contribution in [0.15, 0.2) is 24.3 Å². The first-order chi connectivity index (χ1) is 8.33. The maximum absolute atomic E-state index is 11.9. The third-order valence-corrected chi connectivity index (χ3v) is 3.18. The third-order valence-electron chi connectivity index (χ3n) is 3.18. The van der Waals surface area contributed by atoms with Gasteiger partial charge in [0.2, 0.25) is 5.91 Å². The molecular weight excluding hydrogens is 214 g/mol. The first-order valence-electron chi connectivity index (χ1n) is 6.20. The fourth-order valence-corrected chi connectivity index (χ4v) is 2.26. The van der Waals surface area contributed by atoms with Crippen LogP contribution in [-0.4, -0.2) is 26.2 Å². The van der Waals surface area contributed by atoms with E-state index >= 15 is 0 Å². The van der Waals surface area contributed by atoms with E-state index in [1.54, 1.807) is 7.11 Å². The average molecular weight is 233 g/mol. The maximum Gasteiger partial charge on any atom is 0.226 e. The van der Waals surface area contributed by atoms with Crippen molar-refractivity contribution in [1.29, 1.82) is 0 Å². The Balaban J connectivity index is 2.20. The molecule has 1 aliphatic heterocycles. The van der Waals surface area contributed by atoms with Gasteiger partial charge < -0.3 is 9.64 Å². The standard InChI is InChI=1S/C14H19NO2/c1-17-11-9-12-6-2-3-7-13(12)15-10-5-4-8-14(15)16/h2-3,6-7H,4-5,8-11H2,1H3. The summed E-state index contributed by atoms with van der Waals surface area (Å²) in [7, 11) is 1.70. The van der Waals surface area contributed by atoms with Crippen molar-refractivity contribution >= 4 is 11.6 Å². The van der Waals surface area contributed by atoms with Gasteiger partial charge in [-0.15, -0.1) is 0 Å². The number of hydrogen-bond acceptors (Lipinski definition) is 2. The van der Waals surface area contributed by atoms with E-state index in [0.29, 0.717) is 13.0 Å². The monoisotopic (exact) mass is 233 g/mol. The van der Waals surface area contributed by atoms with E-state index in [2.05, 4.69) is 6.07 Å². The summed E-state index contributed by atoms with van der Waals surface area (Å²) < 4.78 is 5.11. The van der Waals surface area contributed by atoms with Crippen molar-refractivity contribution in [2.24, 2.45) is 0 Å². The summed E-state index contributed by atoms with van der Waals surface area (Å²) in [4.78, 5) is 13.8.